The average molecular weight is 107 g/mol. The van der Waals surface area contributed by atoms with Gasteiger partial charge in [0.15, 0.2) is 5.83 Å². The van der Waals surface area contributed by atoms with Gasteiger partial charge in [-0.05, 0) is 6.92 Å². The lowest BCUT2D eigenvalue weighted by molar-refractivity contribution is 0.197. The van der Waals surface area contributed by atoms with Gasteiger partial charge in [0.05, 0.1) is 0 Å². The molecule has 7 heavy (non-hydrogen) atoms. The summed E-state index contributed by atoms with van der Waals surface area (Å²) in [5, 5.41) is 9.40. The van der Waals surface area contributed by atoms with E-state index in [0.717, 1.165) is 6.92 Å². The second kappa shape index (κ2) is 2.69. The van der Waals surface area contributed by atoms with E-state index >= 15 is 0 Å². The van der Waals surface area contributed by atoms with Crippen LogP contribution >= 0.6 is 0 Å². The lowest BCUT2D eigenvalue weighted by Gasteiger charge is -1.83. The first-order valence-corrected chi connectivity index (χ1v) is 1.77. The van der Waals surface area contributed by atoms with Gasteiger partial charge in [-0.1, -0.05) is 0 Å². The predicted octanol–water partition coefficient (Wildman–Crippen LogP) is 1.59. The van der Waals surface area contributed by atoms with Crippen molar-refractivity contribution in [3.63, 3.8) is 0 Å². The maximum Gasteiger partial charge on any atom is 0.160 e. The van der Waals surface area contributed by atoms with Gasteiger partial charge in [-0.15, -0.1) is 0 Å². The van der Waals surface area contributed by atoms with E-state index in [9.17, 15) is 13.9 Å². The highest BCUT2D eigenvalue weighted by molar-refractivity contribution is 4.95. The molecule has 41 valence electrons. The predicted molar refractivity (Wildman–Crippen MR) is 20.5 cm³/mol. The molecule has 0 saturated heterocycles. The minimum Gasteiger partial charge on any atom is -0.229 e. The van der Waals surface area contributed by atoms with E-state index in [-0.39, 0.29) is 0 Å². The Morgan fingerprint density at radius 1 is 1.57 bits per heavy atom. The maximum atomic E-state index is 11.4. The third-order valence-corrected chi connectivity index (χ3v) is 0.501. The molecule has 0 aromatic rings. The number of rotatable bonds is 1. The molecule has 1 nitrogen and oxygen atoms in total. The van der Waals surface area contributed by atoms with Crippen LogP contribution in [0.25, 0.3) is 0 Å². The van der Waals surface area contributed by atoms with Crippen LogP contribution in [0.1, 0.15) is 6.92 Å². The van der Waals surface area contributed by atoms with Crippen molar-refractivity contribution in [1.29, 1.82) is 0 Å². The Labute approximate surface area is 40.3 Å². The Morgan fingerprint density at radius 2 is 2.00 bits per heavy atom. The molecule has 3 heteroatoms. The van der Waals surface area contributed by atoms with Crippen molar-refractivity contribution >= 4 is 0 Å². The van der Waals surface area contributed by atoms with Gasteiger partial charge < -0.3 is 0 Å². The molecule has 0 bridgehead atoms. The monoisotopic (exact) mass is 107 g/mol. The van der Waals surface area contributed by atoms with Gasteiger partial charge in [-0.2, -0.15) is 0 Å². The largest absolute Gasteiger partial charge is 0.229 e. The highest BCUT2D eigenvalue weighted by atomic mass is 19.2. The fourth-order valence-corrected chi connectivity index (χ4v) is 0.0994. The molecule has 0 aliphatic heterocycles. The molecular formula is C4H5F2O. The van der Waals surface area contributed by atoms with Crippen LogP contribution in [0.4, 0.5) is 8.78 Å². The summed E-state index contributed by atoms with van der Waals surface area (Å²) in [5.41, 5.74) is 0. The Balaban J connectivity index is 3.72. The Kier molecular flexibility index (Phi) is 2.52. The van der Waals surface area contributed by atoms with Crippen LogP contribution in [-0.2, 0) is 5.11 Å². The first kappa shape index (κ1) is 6.56. The number of hydrogen-bond acceptors (Lipinski definition) is 0. The summed E-state index contributed by atoms with van der Waals surface area (Å²) in [6.07, 6.45) is 0. The molecule has 0 N–H and O–H groups in total. The van der Waals surface area contributed by atoms with Gasteiger partial charge in [-0.3, -0.25) is 0 Å². The fraction of sp³-hybridized carbons (Fsp3) is 0.500. The highest BCUT2D eigenvalue weighted by Gasteiger charge is 1.95. The zero-order valence-electron chi connectivity index (χ0n) is 3.87. The first-order valence-electron chi connectivity index (χ1n) is 1.77. The summed E-state index contributed by atoms with van der Waals surface area (Å²) in [7, 11) is 0. The molecular weight excluding hydrogens is 102 g/mol. The quantitative estimate of drug-likeness (QED) is 0.485. The van der Waals surface area contributed by atoms with E-state index in [4.69, 9.17) is 0 Å². The number of allylic oxidation sites excluding steroid dienone is 1. The van der Waals surface area contributed by atoms with Gasteiger partial charge in [0.25, 0.3) is 0 Å². The fourth-order valence-electron chi connectivity index (χ4n) is 0.0994. The van der Waals surface area contributed by atoms with Crippen molar-refractivity contribution in [3.8, 4) is 0 Å². The minimum atomic E-state index is -1.21. The number of halogens is 2. The SMILES string of the molecule is CC(F)=C(F)C[O]. The molecule has 0 rings (SSSR count). The molecule has 0 atom stereocenters. The second-order valence-corrected chi connectivity index (χ2v) is 1.08. The van der Waals surface area contributed by atoms with Gasteiger partial charge >= 0.3 is 0 Å². The summed E-state index contributed by atoms with van der Waals surface area (Å²) < 4.78 is 22.8. The normalized spacial score (nSPS) is 13.7. The van der Waals surface area contributed by atoms with E-state index in [1.165, 1.54) is 0 Å². The van der Waals surface area contributed by atoms with Crippen molar-refractivity contribution < 1.29 is 13.9 Å². The Morgan fingerprint density at radius 3 is 2.00 bits per heavy atom. The van der Waals surface area contributed by atoms with Crippen LogP contribution in [0, 0.1) is 0 Å². The average Bonchev–Trinajstić information content (AvgIpc) is 1.65. The van der Waals surface area contributed by atoms with Gasteiger partial charge in [0.2, 0.25) is 0 Å². The van der Waals surface area contributed by atoms with Crippen molar-refractivity contribution in [2.24, 2.45) is 0 Å². The molecule has 0 spiro atoms. The highest BCUT2D eigenvalue weighted by Crippen LogP contribution is 2.03. The molecule has 0 unspecified atom stereocenters. The summed E-state index contributed by atoms with van der Waals surface area (Å²) in [4.78, 5) is 0. The maximum absolute atomic E-state index is 11.4. The zero-order chi connectivity index (χ0) is 5.86. The molecule has 0 aromatic carbocycles. The third-order valence-electron chi connectivity index (χ3n) is 0.501. The smallest absolute Gasteiger partial charge is 0.160 e. The molecule has 0 saturated carbocycles. The molecule has 1 radical (unpaired) electrons. The number of hydrogen-bond donors (Lipinski definition) is 0. The van der Waals surface area contributed by atoms with E-state index < -0.39 is 18.3 Å². The zero-order valence-corrected chi connectivity index (χ0v) is 3.87. The van der Waals surface area contributed by atoms with Crippen molar-refractivity contribution in [1.82, 2.24) is 0 Å². The van der Waals surface area contributed by atoms with Crippen LogP contribution < -0.4 is 0 Å². The molecule has 0 amide bonds. The van der Waals surface area contributed by atoms with Gasteiger partial charge in [0, 0.05) is 0 Å². The van der Waals surface area contributed by atoms with Crippen molar-refractivity contribution in [2.45, 2.75) is 6.92 Å². The molecule has 0 aromatic heterocycles. The van der Waals surface area contributed by atoms with Crippen LogP contribution in [0.2, 0.25) is 0 Å². The van der Waals surface area contributed by atoms with E-state index in [1.54, 1.807) is 0 Å². The molecule has 0 aliphatic rings. The lowest BCUT2D eigenvalue weighted by Crippen LogP contribution is -1.80. The van der Waals surface area contributed by atoms with Crippen molar-refractivity contribution in [2.75, 3.05) is 6.61 Å². The lowest BCUT2D eigenvalue weighted by atomic mass is 10.5. The van der Waals surface area contributed by atoms with Crippen LogP contribution in [-0.4, -0.2) is 6.61 Å². The topological polar surface area (TPSA) is 19.9 Å². The van der Waals surface area contributed by atoms with Crippen LogP contribution in [0.15, 0.2) is 11.7 Å². The summed E-state index contributed by atoms with van der Waals surface area (Å²) >= 11 is 0. The first-order chi connectivity index (χ1) is 3.18. The Hall–Kier alpha value is -0.440. The molecule has 0 heterocycles. The van der Waals surface area contributed by atoms with E-state index in [1.807, 2.05) is 0 Å². The van der Waals surface area contributed by atoms with Crippen LogP contribution in [0.3, 0.4) is 0 Å². The van der Waals surface area contributed by atoms with Gasteiger partial charge in [-0.25, -0.2) is 13.9 Å². The summed E-state index contributed by atoms with van der Waals surface area (Å²) in [5.74, 6) is -2.23. The minimum absolute atomic E-state index is 0.910. The van der Waals surface area contributed by atoms with E-state index in [0.29, 0.717) is 0 Å². The Bertz CT molecular complexity index is 83.7. The summed E-state index contributed by atoms with van der Waals surface area (Å²) in [6.45, 7) is -0.185. The summed E-state index contributed by atoms with van der Waals surface area (Å²) in [6, 6.07) is 0. The second-order valence-electron chi connectivity index (χ2n) is 1.08. The molecule has 0 fully saturated rings. The third kappa shape index (κ3) is 2.28. The van der Waals surface area contributed by atoms with Crippen molar-refractivity contribution in [3.05, 3.63) is 11.7 Å². The standard InChI is InChI=1S/C4H5F2O/c1-3(5)4(6)2-7/h2H2,1H3. The van der Waals surface area contributed by atoms with E-state index in [2.05, 4.69) is 0 Å². The molecule has 0 aliphatic carbocycles. The van der Waals surface area contributed by atoms with Gasteiger partial charge in [0.1, 0.15) is 12.4 Å². The van der Waals surface area contributed by atoms with Crippen LogP contribution in [0.5, 0.6) is 0 Å².